The molecule has 0 saturated carbocycles. The van der Waals surface area contributed by atoms with Gasteiger partial charge in [0.1, 0.15) is 5.75 Å². The van der Waals surface area contributed by atoms with Crippen LogP contribution >= 0.6 is 0 Å². The normalized spacial score (nSPS) is 14.6. The number of rotatable bonds is 4. The number of carbonyl (C=O) groups is 2. The van der Waals surface area contributed by atoms with Gasteiger partial charge in [-0.2, -0.15) is 0 Å². The monoisotopic (exact) mass is 395 g/mol. The number of piperazine rings is 1. The van der Waals surface area contributed by atoms with Gasteiger partial charge >= 0.3 is 0 Å². The summed E-state index contributed by atoms with van der Waals surface area (Å²) >= 11 is 0. The number of ether oxygens (including phenoxy) is 1. The molecule has 1 aromatic heterocycles. The fraction of sp³-hybridized carbons (Fsp3) is 0.435. The number of nitrogens with zero attached hydrogens (tertiary/aromatic N) is 3. The molecule has 154 valence electrons. The Bertz CT molecular complexity index is 867. The van der Waals surface area contributed by atoms with Crippen LogP contribution < -0.4 is 4.74 Å². The molecule has 2 heterocycles. The van der Waals surface area contributed by atoms with Crippen LogP contribution in [0.25, 0.3) is 0 Å². The lowest BCUT2D eigenvalue weighted by molar-refractivity contribution is -0.134. The van der Waals surface area contributed by atoms with Crippen molar-refractivity contribution < 1.29 is 14.3 Å². The molecular weight excluding hydrogens is 366 g/mol. The Morgan fingerprint density at radius 2 is 1.62 bits per heavy atom. The summed E-state index contributed by atoms with van der Waals surface area (Å²) in [6.07, 6.45) is 3.22. The number of aromatic nitrogens is 1. The molecule has 2 aromatic rings. The Kier molecular flexibility index (Phi) is 6.20. The smallest absolute Gasteiger partial charge is 0.260 e. The zero-order valence-corrected chi connectivity index (χ0v) is 17.6. The predicted molar refractivity (Wildman–Crippen MR) is 112 cm³/mol. The first-order valence-corrected chi connectivity index (χ1v) is 9.97. The standard InChI is InChI=1S/C23H29N3O3/c1-17-5-6-20(19(15-17)23(2,3)4)29-16-21(27)25-11-13-26(14-12-25)22(28)18-7-9-24-10-8-18/h5-10,15H,11-14,16H2,1-4H3. The summed E-state index contributed by atoms with van der Waals surface area (Å²) in [5.41, 5.74) is 2.82. The van der Waals surface area contributed by atoms with Crippen LogP contribution in [0.4, 0.5) is 0 Å². The third-order valence-corrected chi connectivity index (χ3v) is 5.14. The van der Waals surface area contributed by atoms with Crippen LogP contribution in [-0.2, 0) is 10.2 Å². The Balaban J connectivity index is 1.55. The summed E-state index contributed by atoms with van der Waals surface area (Å²) in [6.45, 7) is 10.5. The van der Waals surface area contributed by atoms with Crippen LogP contribution in [0.1, 0.15) is 42.3 Å². The average molecular weight is 396 g/mol. The van der Waals surface area contributed by atoms with Crippen molar-refractivity contribution in [2.45, 2.75) is 33.1 Å². The Morgan fingerprint density at radius 1 is 1.00 bits per heavy atom. The van der Waals surface area contributed by atoms with Crippen molar-refractivity contribution in [1.82, 2.24) is 14.8 Å². The van der Waals surface area contributed by atoms with E-state index in [0.717, 1.165) is 11.3 Å². The Labute approximate surface area is 172 Å². The fourth-order valence-corrected chi connectivity index (χ4v) is 3.42. The molecular formula is C23H29N3O3. The SMILES string of the molecule is Cc1ccc(OCC(=O)N2CCN(C(=O)c3ccncc3)CC2)c(C(C)(C)C)c1. The zero-order valence-electron chi connectivity index (χ0n) is 17.6. The van der Waals surface area contributed by atoms with Gasteiger partial charge < -0.3 is 14.5 Å². The second-order valence-corrected chi connectivity index (χ2v) is 8.45. The maximum absolute atomic E-state index is 12.6. The lowest BCUT2D eigenvalue weighted by Gasteiger charge is -2.35. The van der Waals surface area contributed by atoms with E-state index < -0.39 is 0 Å². The van der Waals surface area contributed by atoms with Gasteiger partial charge in [-0.05, 0) is 36.1 Å². The fourth-order valence-electron chi connectivity index (χ4n) is 3.42. The topological polar surface area (TPSA) is 62.7 Å². The van der Waals surface area contributed by atoms with E-state index >= 15 is 0 Å². The molecule has 0 spiro atoms. The molecule has 1 fully saturated rings. The van der Waals surface area contributed by atoms with Gasteiger partial charge in [-0.1, -0.05) is 38.5 Å². The molecule has 0 radical (unpaired) electrons. The summed E-state index contributed by atoms with van der Waals surface area (Å²) in [5, 5.41) is 0. The number of hydrogen-bond donors (Lipinski definition) is 0. The van der Waals surface area contributed by atoms with E-state index in [4.69, 9.17) is 4.74 Å². The Hall–Kier alpha value is -2.89. The molecule has 1 saturated heterocycles. The summed E-state index contributed by atoms with van der Waals surface area (Å²) in [6, 6.07) is 9.47. The van der Waals surface area contributed by atoms with Crippen LogP contribution in [0.3, 0.4) is 0 Å². The van der Waals surface area contributed by atoms with Crippen molar-refractivity contribution in [3.05, 3.63) is 59.4 Å². The van der Waals surface area contributed by atoms with Crippen LogP contribution in [-0.4, -0.2) is 59.4 Å². The Morgan fingerprint density at radius 3 is 2.24 bits per heavy atom. The van der Waals surface area contributed by atoms with Gasteiger partial charge in [0.2, 0.25) is 0 Å². The lowest BCUT2D eigenvalue weighted by atomic mass is 9.85. The van der Waals surface area contributed by atoms with Gasteiger partial charge in [0.05, 0.1) is 0 Å². The van der Waals surface area contributed by atoms with Crippen LogP contribution in [0.5, 0.6) is 5.75 Å². The average Bonchev–Trinajstić information content (AvgIpc) is 2.72. The van der Waals surface area contributed by atoms with E-state index in [1.165, 1.54) is 5.56 Å². The minimum Gasteiger partial charge on any atom is -0.483 e. The van der Waals surface area contributed by atoms with E-state index in [2.05, 4.69) is 38.7 Å². The van der Waals surface area contributed by atoms with Crippen molar-refractivity contribution in [2.75, 3.05) is 32.8 Å². The molecule has 29 heavy (non-hydrogen) atoms. The molecule has 6 heteroatoms. The van der Waals surface area contributed by atoms with E-state index in [1.807, 2.05) is 12.1 Å². The number of carbonyl (C=O) groups excluding carboxylic acids is 2. The molecule has 0 atom stereocenters. The molecule has 1 aromatic carbocycles. The maximum atomic E-state index is 12.6. The van der Waals surface area contributed by atoms with Gasteiger partial charge in [0.15, 0.2) is 6.61 Å². The first-order valence-electron chi connectivity index (χ1n) is 9.97. The van der Waals surface area contributed by atoms with Crippen molar-refractivity contribution in [2.24, 2.45) is 0 Å². The molecule has 2 amide bonds. The number of benzene rings is 1. The van der Waals surface area contributed by atoms with Gasteiger partial charge in [-0.3, -0.25) is 14.6 Å². The first-order chi connectivity index (χ1) is 13.8. The third-order valence-electron chi connectivity index (χ3n) is 5.14. The van der Waals surface area contributed by atoms with Crippen LogP contribution in [0.2, 0.25) is 0 Å². The van der Waals surface area contributed by atoms with Crippen LogP contribution in [0.15, 0.2) is 42.7 Å². The van der Waals surface area contributed by atoms with E-state index in [-0.39, 0.29) is 23.8 Å². The highest BCUT2D eigenvalue weighted by Gasteiger charge is 2.26. The molecule has 0 bridgehead atoms. The summed E-state index contributed by atoms with van der Waals surface area (Å²) in [7, 11) is 0. The third kappa shape index (κ3) is 5.13. The van der Waals surface area contributed by atoms with Gasteiger partial charge in [0.25, 0.3) is 11.8 Å². The molecule has 0 N–H and O–H groups in total. The van der Waals surface area contributed by atoms with E-state index in [1.54, 1.807) is 34.3 Å². The zero-order chi connectivity index (χ0) is 21.0. The largest absolute Gasteiger partial charge is 0.483 e. The van der Waals surface area contributed by atoms with E-state index in [0.29, 0.717) is 31.7 Å². The highest BCUT2D eigenvalue weighted by Crippen LogP contribution is 2.32. The van der Waals surface area contributed by atoms with Crippen molar-refractivity contribution >= 4 is 11.8 Å². The molecule has 6 nitrogen and oxygen atoms in total. The molecule has 1 aliphatic heterocycles. The molecule has 1 aliphatic rings. The summed E-state index contributed by atoms with van der Waals surface area (Å²) < 4.78 is 5.90. The molecule has 3 rings (SSSR count). The number of aryl methyl sites for hydroxylation is 1. The molecule has 0 unspecified atom stereocenters. The van der Waals surface area contributed by atoms with Crippen molar-refractivity contribution in [1.29, 1.82) is 0 Å². The maximum Gasteiger partial charge on any atom is 0.260 e. The second kappa shape index (κ2) is 8.64. The minimum atomic E-state index is -0.0661. The lowest BCUT2D eigenvalue weighted by Crippen LogP contribution is -2.51. The predicted octanol–water partition coefficient (Wildman–Crippen LogP) is 3.05. The van der Waals surface area contributed by atoms with Crippen LogP contribution in [0, 0.1) is 6.92 Å². The number of pyridine rings is 1. The van der Waals surface area contributed by atoms with Gasteiger partial charge in [-0.15, -0.1) is 0 Å². The highest BCUT2D eigenvalue weighted by molar-refractivity contribution is 5.94. The first kappa shape index (κ1) is 20.8. The molecule has 0 aliphatic carbocycles. The minimum absolute atomic E-state index is 0.00441. The second-order valence-electron chi connectivity index (χ2n) is 8.45. The van der Waals surface area contributed by atoms with E-state index in [9.17, 15) is 9.59 Å². The number of hydrogen-bond acceptors (Lipinski definition) is 4. The summed E-state index contributed by atoms with van der Waals surface area (Å²) in [4.78, 5) is 32.6. The summed E-state index contributed by atoms with van der Waals surface area (Å²) in [5.74, 6) is 0.676. The van der Waals surface area contributed by atoms with Gasteiger partial charge in [0, 0.05) is 44.1 Å². The van der Waals surface area contributed by atoms with Gasteiger partial charge in [-0.25, -0.2) is 0 Å². The quantitative estimate of drug-likeness (QED) is 0.798. The number of amides is 2. The van der Waals surface area contributed by atoms with Crippen molar-refractivity contribution in [3.8, 4) is 5.75 Å². The highest BCUT2D eigenvalue weighted by atomic mass is 16.5. The van der Waals surface area contributed by atoms with Crippen molar-refractivity contribution in [3.63, 3.8) is 0 Å².